The average molecular weight is 1550 g/mol. The third-order valence-electron chi connectivity index (χ3n) is 14.0. The van der Waals surface area contributed by atoms with Crippen molar-refractivity contribution >= 4 is 35.3 Å². The van der Waals surface area contributed by atoms with Crippen LogP contribution in [0.5, 0.6) is 0 Å². The highest BCUT2D eigenvalue weighted by atomic mass is 32.2. The van der Waals surface area contributed by atoms with Crippen LogP contribution in [-0.2, 0) is 14.2 Å². The quantitative estimate of drug-likeness (QED) is 0.0573. The minimum Gasteiger partial charge on any atom is -0.381 e. The average Bonchev–Trinajstić information content (AvgIpc) is 0.962. The van der Waals surface area contributed by atoms with Crippen LogP contribution in [0.25, 0.3) is 0 Å². The van der Waals surface area contributed by atoms with E-state index in [2.05, 4.69) is 417 Å². The first-order chi connectivity index (χ1) is 46.2. The summed E-state index contributed by atoms with van der Waals surface area (Å²) in [5, 5.41) is 0. The summed E-state index contributed by atoms with van der Waals surface area (Å²) >= 11 is 6.20. The van der Waals surface area contributed by atoms with Crippen molar-refractivity contribution in [2.24, 2.45) is 65.0 Å². The number of hydrogen-bond acceptors (Lipinski definition) is 6. The summed E-state index contributed by atoms with van der Waals surface area (Å²) in [5.74, 6) is 6.26. The molecular formula is C100H202O3S3. The molecule has 6 heteroatoms. The minimum absolute atomic E-state index is 0. The Labute approximate surface area is 687 Å². The van der Waals surface area contributed by atoms with Crippen molar-refractivity contribution in [1.82, 2.24) is 0 Å². The van der Waals surface area contributed by atoms with Crippen molar-refractivity contribution < 1.29 is 14.2 Å². The van der Waals surface area contributed by atoms with Gasteiger partial charge in [-0.05, 0) is 228 Å². The number of rotatable bonds is 28. The molecule has 0 amide bonds. The van der Waals surface area contributed by atoms with Crippen molar-refractivity contribution in [2.75, 3.05) is 61.8 Å². The van der Waals surface area contributed by atoms with Crippen molar-refractivity contribution in [3.8, 4) is 0 Å². The van der Waals surface area contributed by atoms with Crippen LogP contribution < -0.4 is 0 Å². The van der Waals surface area contributed by atoms with E-state index in [9.17, 15) is 0 Å². The Bertz CT molecular complexity index is 1880. The monoisotopic (exact) mass is 1550 g/mol. The Kier molecular flexibility index (Phi) is 65.2. The van der Waals surface area contributed by atoms with Crippen LogP contribution >= 0.6 is 35.3 Å². The maximum atomic E-state index is 5.68. The van der Waals surface area contributed by atoms with Crippen LogP contribution in [0.4, 0.5) is 0 Å². The minimum atomic E-state index is 0. The highest BCUT2D eigenvalue weighted by Gasteiger charge is 2.17. The van der Waals surface area contributed by atoms with E-state index >= 15 is 0 Å². The smallest absolute Gasteiger partial charge is 0.0674 e. The maximum absolute atomic E-state index is 5.68. The van der Waals surface area contributed by atoms with E-state index < -0.39 is 0 Å². The Morgan fingerprint density at radius 2 is 0.613 bits per heavy atom. The standard InChI is InChI=1S/C15H30.3C14H28O.3C14H28S.CH4/c1-13(12-15(5,6)7)10-8-9-11-14(2,3)4;1-12(10-14(5,6)7)11-15-9-8-13(2,3)4;1-12(10-13(2,3)4)8-9-15-11-14(5,6)7;1-12(11-13(2,3)4)9-8-10-15-14(5,6)7;1-12(10-14(5,6)7)11-15-9-8-13(2,3)4;1-12(10-13(2,3)4)8-9-15-11-14(5,6)7;1-12(11-13(2,3)4)9-8-10-15-14(5,6)7;/h12H,8-11H2,1-7H3;2*10H,8-9,11H2,1-7H3;11H,8-10H2,1-7H3;2*10H,8-9,11H2,1-7H3;11H,8-10H2,1-7H3;1H4/b13-12-;2*12-10-;12-11-;2*12-10-;12-11-;. The molecule has 0 aliphatic carbocycles. The predicted octanol–water partition coefficient (Wildman–Crippen LogP) is 35.2. The van der Waals surface area contributed by atoms with Gasteiger partial charge in [-0.3, -0.25) is 0 Å². The van der Waals surface area contributed by atoms with Gasteiger partial charge in [0.05, 0.1) is 25.4 Å². The second kappa shape index (κ2) is 57.2. The lowest BCUT2D eigenvalue weighted by Gasteiger charge is -2.19. The summed E-state index contributed by atoms with van der Waals surface area (Å²) in [7, 11) is 0. The van der Waals surface area contributed by atoms with Gasteiger partial charge >= 0.3 is 0 Å². The van der Waals surface area contributed by atoms with E-state index in [1.54, 1.807) is 5.57 Å². The van der Waals surface area contributed by atoms with Gasteiger partial charge in [0.25, 0.3) is 0 Å². The highest BCUT2D eigenvalue weighted by molar-refractivity contribution is 8.00. The van der Waals surface area contributed by atoms with Crippen molar-refractivity contribution in [3.63, 3.8) is 0 Å². The molecule has 638 valence electrons. The van der Waals surface area contributed by atoms with Crippen LogP contribution in [0.15, 0.2) is 81.5 Å². The zero-order chi connectivity index (χ0) is 84.8. The number of thioether (sulfide) groups is 3. The molecule has 0 aromatic rings. The predicted molar refractivity (Wildman–Crippen MR) is 506 cm³/mol. The van der Waals surface area contributed by atoms with Gasteiger partial charge in [0, 0.05) is 23.7 Å². The largest absolute Gasteiger partial charge is 0.381 e. The Balaban J connectivity index is -0.000000176. The lowest BCUT2D eigenvalue weighted by atomic mass is 9.88. The molecule has 0 saturated heterocycles. The lowest BCUT2D eigenvalue weighted by Crippen LogP contribution is -2.19. The normalized spacial score (nSPS) is 14.3. The number of ether oxygens (including phenoxy) is 3. The van der Waals surface area contributed by atoms with E-state index in [-0.39, 0.29) is 29.3 Å². The maximum Gasteiger partial charge on any atom is 0.0674 e. The van der Waals surface area contributed by atoms with Gasteiger partial charge in [-0.25, -0.2) is 0 Å². The molecule has 0 rings (SSSR count). The van der Waals surface area contributed by atoms with Gasteiger partial charge in [0.1, 0.15) is 0 Å². The van der Waals surface area contributed by atoms with E-state index in [4.69, 9.17) is 14.2 Å². The van der Waals surface area contributed by atoms with Crippen LogP contribution in [0.3, 0.4) is 0 Å². The molecule has 0 aliphatic heterocycles. The van der Waals surface area contributed by atoms with Crippen molar-refractivity contribution in [1.29, 1.82) is 0 Å². The zero-order valence-corrected chi connectivity index (χ0v) is 84.0. The van der Waals surface area contributed by atoms with Gasteiger partial charge < -0.3 is 14.2 Å². The van der Waals surface area contributed by atoms with E-state index in [0.717, 1.165) is 58.7 Å². The number of hydrogen-bond donors (Lipinski definition) is 0. The summed E-state index contributed by atoms with van der Waals surface area (Å²) in [4.78, 5) is 0. The van der Waals surface area contributed by atoms with Crippen molar-refractivity contribution in [2.45, 2.75) is 434 Å². The lowest BCUT2D eigenvalue weighted by molar-refractivity contribution is -0.00387. The second-order valence-corrected chi connectivity index (χ2v) is 51.0. The molecule has 0 aromatic heterocycles. The Morgan fingerprint density at radius 3 is 0.953 bits per heavy atom. The molecule has 0 unspecified atom stereocenters. The third-order valence-corrected chi connectivity index (χ3v) is 18.1. The first kappa shape index (κ1) is 121. The first-order valence-electron chi connectivity index (χ1n) is 41.6. The number of unbranched alkanes of at least 4 members (excludes halogenated alkanes) is 1. The molecule has 106 heavy (non-hydrogen) atoms. The molecule has 3 nitrogen and oxygen atoms in total. The fourth-order valence-corrected chi connectivity index (χ4v) is 14.0. The molecule has 0 heterocycles. The Hall–Kier alpha value is -0.890. The fraction of sp³-hybridized carbons (Fsp3) is 0.860. The molecule has 0 atom stereocenters. The Morgan fingerprint density at radius 1 is 0.274 bits per heavy atom. The van der Waals surface area contributed by atoms with E-state index in [0.29, 0.717) is 53.5 Å². The van der Waals surface area contributed by atoms with Crippen LogP contribution in [-0.4, -0.2) is 72.1 Å². The summed E-state index contributed by atoms with van der Waals surface area (Å²) in [6.45, 7) is 114. The molecule has 0 bridgehead atoms. The van der Waals surface area contributed by atoms with Gasteiger partial charge in [0.15, 0.2) is 0 Å². The van der Waals surface area contributed by atoms with Crippen LogP contribution in [0, 0.1) is 65.0 Å². The fourth-order valence-electron chi connectivity index (χ4n) is 10.6. The topological polar surface area (TPSA) is 27.7 Å². The van der Waals surface area contributed by atoms with Gasteiger partial charge in [0.2, 0.25) is 0 Å². The number of allylic oxidation sites excluding steroid dienone is 11. The molecule has 0 aromatic carbocycles. The van der Waals surface area contributed by atoms with Gasteiger partial charge in [-0.2, -0.15) is 35.3 Å². The molecule has 0 aliphatic rings. The van der Waals surface area contributed by atoms with Crippen molar-refractivity contribution in [3.05, 3.63) is 81.5 Å². The van der Waals surface area contributed by atoms with Crippen LogP contribution in [0.1, 0.15) is 424 Å². The van der Waals surface area contributed by atoms with Crippen LogP contribution in [0.2, 0.25) is 0 Å². The van der Waals surface area contributed by atoms with Gasteiger partial charge in [-0.15, -0.1) is 0 Å². The zero-order valence-electron chi connectivity index (χ0n) is 81.5. The molecule has 0 saturated carbocycles. The van der Waals surface area contributed by atoms with E-state index in [1.165, 1.54) is 114 Å². The van der Waals surface area contributed by atoms with Gasteiger partial charge in [-0.1, -0.05) is 365 Å². The summed E-state index contributed by atoms with van der Waals surface area (Å²) < 4.78 is 17.4. The third kappa shape index (κ3) is 132. The first-order valence-corrected chi connectivity index (χ1v) is 44.9. The summed E-state index contributed by atoms with van der Waals surface area (Å²) in [5.41, 5.74) is 14.7. The second-order valence-electron chi connectivity index (χ2n) is 46.8. The molecule has 0 N–H and O–H groups in total. The molecule has 0 spiro atoms. The summed E-state index contributed by atoms with van der Waals surface area (Å²) in [6, 6.07) is 0. The molecule has 0 radical (unpaired) electrons. The SMILES string of the molecule is C.C/C(=C/C(C)(C)C)CCCCC(C)(C)C.C/C(=C/C(C)(C)C)CCCOC(C)(C)C.C/C(=C/C(C)(C)C)CCCSC(C)(C)C.C/C(=C/C(C)(C)C)CCOCC(C)(C)C.C/C(=C/C(C)(C)C)CCSCC(C)(C)C.C/C(=C/C(C)(C)C)COCCC(C)(C)C.C/C(=C/C(C)(C)C)CSCCC(C)(C)C. The molecule has 0 fully saturated rings. The highest BCUT2D eigenvalue weighted by Crippen LogP contribution is 2.30. The van der Waals surface area contributed by atoms with E-state index in [1.807, 2.05) is 0 Å². The molecular weight excluding hydrogens is 1350 g/mol. The summed E-state index contributed by atoms with van der Waals surface area (Å²) in [6.07, 6.45) is 31.4.